The van der Waals surface area contributed by atoms with Crippen molar-refractivity contribution in [2.45, 2.75) is 6.42 Å². The monoisotopic (exact) mass is 251 g/mol. The molecular weight excluding hydrogens is 238 g/mol. The normalized spacial score (nSPS) is 10.7. The SMILES string of the molecule is NC(=O)Cc1[nH]ncc1-c1cccc2ccccc12. The number of primary amides is 1. The standard InChI is InChI=1S/C15H13N3O/c16-15(19)8-14-13(9-17-18-14)12-7-3-5-10-4-1-2-6-11(10)12/h1-7,9H,8H2,(H2,16,19)(H,17,18). The number of benzene rings is 2. The van der Waals surface area contributed by atoms with Crippen LogP contribution >= 0.6 is 0 Å². The van der Waals surface area contributed by atoms with Gasteiger partial charge in [-0.1, -0.05) is 42.5 Å². The van der Waals surface area contributed by atoms with Crippen LogP contribution in [0.4, 0.5) is 0 Å². The molecule has 4 nitrogen and oxygen atoms in total. The fraction of sp³-hybridized carbons (Fsp3) is 0.0667. The number of carbonyl (C=O) groups is 1. The van der Waals surface area contributed by atoms with Gasteiger partial charge < -0.3 is 5.73 Å². The summed E-state index contributed by atoms with van der Waals surface area (Å²) in [4.78, 5) is 11.1. The summed E-state index contributed by atoms with van der Waals surface area (Å²) in [5.74, 6) is -0.370. The molecule has 0 radical (unpaired) electrons. The lowest BCUT2D eigenvalue weighted by Gasteiger charge is -2.06. The molecule has 3 N–H and O–H groups in total. The van der Waals surface area contributed by atoms with Crippen LogP contribution in [0.25, 0.3) is 21.9 Å². The molecular formula is C15H13N3O. The van der Waals surface area contributed by atoms with Crippen molar-refractivity contribution >= 4 is 16.7 Å². The van der Waals surface area contributed by atoms with E-state index in [-0.39, 0.29) is 12.3 Å². The molecule has 2 aromatic carbocycles. The van der Waals surface area contributed by atoms with Crippen LogP contribution in [0.3, 0.4) is 0 Å². The van der Waals surface area contributed by atoms with Gasteiger partial charge in [-0.25, -0.2) is 0 Å². The van der Waals surface area contributed by atoms with Crippen molar-refractivity contribution in [1.29, 1.82) is 0 Å². The topological polar surface area (TPSA) is 71.8 Å². The molecule has 0 saturated heterocycles. The molecule has 1 amide bonds. The van der Waals surface area contributed by atoms with E-state index >= 15 is 0 Å². The highest BCUT2D eigenvalue weighted by Crippen LogP contribution is 2.30. The van der Waals surface area contributed by atoms with Crippen molar-refractivity contribution in [3.63, 3.8) is 0 Å². The van der Waals surface area contributed by atoms with Gasteiger partial charge >= 0.3 is 0 Å². The van der Waals surface area contributed by atoms with Crippen molar-refractivity contribution < 1.29 is 4.79 Å². The Kier molecular flexibility index (Phi) is 2.76. The Bertz CT molecular complexity index is 740. The fourth-order valence-corrected chi connectivity index (χ4v) is 2.31. The van der Waals surface area contributed by atoms with Gasteiger partial charge in [0, 0.05) is 5.56 Å². The highest BCUT2D eigenvalue weighted by atomic mass is 16.1. The second-order valence-corrected chi connectivity index (χ2v) is 4.43. The molecule has 0 fully saturated rings. The molecule has 0 atom stereocenters. The van der Waals surface area contributed by atoms with E-state index in [9.17, 15) is 4.79 Å². The molecule has 94 valence electrons. The average Bonchev–Trinajstić information content (AvgIpc) is 2.85. The number of carbonyl (C=O) groups excluding carboxylic acids is 1. The number of hydrogen-bond acceptors (Lipinski definition) is 2. The maximum atomic E-state index is 11.1. The van der Waals surface area contributed by atoms with Crippen LogP contribution in [0.5, 0.6) is 0 Å². The first-order chi connectivity index (χ1) is 9.25. The number of nitrogens with zero attached hydrogens (tertiary/aromatic N) is 1. The molecule has 0 aliphatic rings. The average molecular weight is 251 g/mol. The molecule has 0 bridgehead atoms. The largest absolute Gasteiger partial charge is 0.369 e. The second-order valence-electron chi connectivity index (χ2n) is 4.43. The highest BCUT2D eigenvalue weighted by molar-refractivity contribution is 5.97. The van der Waals surface area contributed by atoms with Crippen LogP contribution < -0.4 is 5.73 Å². The molecule has 1 heterocycles. The van der Waals surface area contributed by atoms with Gasteiger partial charge in [-0.2, -0.15) is 5.10 Å². The van der Waals surface area contributed by atoms with Crippen molar-refractivity contribution in [2.75, 3.05) is 0 Å². The minimum absolute atomic E-state index is 0.165. The lowest BCUT2D eigenvalue weighted by molar-refractivity contribution is -0.117. The Labute approximate surface area is 110 Å². The third-order valence-electron chi connectivity index (χ3n) is 3.15. The third-order valence-corrected chi connectivity index (χ3v) is 3.15. The number of fused-ring (bicyclic) bond motifs is 1. The third kappa shape index (κ3) is 2.08. The number of nitrogens with one attached hydrogen (secondary N) is 1. The van der Waals surface area contributed by atoms with E-state index in [2.05, 4.69) is 28.4 Å². The van der Waals surface area contributed by atoms with E-state index in [1.54, 1.807) is 6.20 Å². The predicted octanol–water partition coefficient (Wildman–Crippen LogP) is 2.26. The van der Waals surface area contributed by atoms with Gasteiger partial charge in [0.15, 0.2) is 0 Å². The molecule has 4 heteroatoms. The number of hydrogen-bond donors (Lipinski definition) is 2. The van der Waals surface area contributed by atoms with Crippen LogP contribution in [0, 0.1) is 0 Å². The molecule has 0 spiro atoms. The first-order valence-electron chi connectivity index (χ1n) is 6.04. The summed E-state index contributed by atoms with van der Waals surface area (Å²) in [6, 6.07) is 14.2. The molecule has 3 rings (SSSR count). The van der Waals surface area contributed by atoms with Crippen molar-refractivity contribution in [3.05, 3.63) is 54.4 Å². The lowest BCUT2D eigenvalue weighted by Crippen LogP contribution is -2.14. The minimum Gasteiger partial charge on any atom is -0.369 e. The second kappa shape index (κ2) is 4.57. The number of nitrogens with two attached hydrogens (primary N) is 1. The number of H-pyrrole nitrogens is 1. The molecule has 19 heavy (non-hydrogen) atoms. The van der Waals surface area contributed by atoms with Crippen LogP contribution in [-0.2, 0) is 11.2 Å². The van der Waals surface area contributed by atoms with E-state index in [1.165, 1.54) is 0 Å². The summed E-state index contributed by atoms with van der Waals surface area (Å²) in [5.41, 5.74) is 8.00. The zero-order valence-electron chi connectivity index (χ0n) is 10.3. The summed E-state index contributed by atoms with van der Waals surface area (Å²) in [5, 5.41) is 9.17. The summed E-state index contributed by atoms with van der Waals surface area (Å²) in [6.07, 6.45) is 1.90. The highest BCUT2D eigenvalue weighted by Gasteiger charge is 2.12. The van der Waals surface area contributed by atoms with Crippen LogP contribution in [0.15, 0.2) is 48.7 Å². The van der Waals surface area contributed by atoms with Crippen LogP contribution in [0.1, 0.15) is 5.69 Å². The van der Waals surface area contributed by atoms with E-state index in [0.717, 1.165) is 27.6 Å². The Morgan fingerprint density at radius 2 is 1.89 bits per heavy atom. The van der Waals surface area contributed by atoms with Crippen molar-refractivity contribution in [3.8, 4) is 11.1 Å². The smallest absolute Gasteiger partial charge is 0.223 e. The van der Waals surface area contributed by atoms with Gasteiger partial charge in [0.1, 0.15) is 0 Å². The Balaban J connectivity index is 2.20. The van der Waals surface area contributed by atoms with Gasteiger partial charge in [-0.3, -0.25) is 9.89 Å². The van der Waals surface area contributed by atoms with Gasteiger partial charge in [0.25, 0.3) is 0 Å². The Hall–Kier alpha value is -2.62. The minimum atomic E-state index is -0.370. The zero-order valence-corrected chi connectivity index (χ0v) is 10.3. The first kappa shape index (κ1) is 11.5. The molecule has 0 unspecified atom stereocenters. The first-order valence-corrected chi connectivity index (χ1v) is 6.04. The molecule has 1 aromatic heterocycles. The van der Waals surface area contributed by atoms with E-state index in [4.69, 9.17) is 5.73 Å². The zero-order chi connectivity index (χ0) is 13.2. The number of amides is 1. The van der Waals surface area contributed by atoms with Crippen molar-refractivity contribution in [2.24, 2.45) is 5.73 Å². The molecule has 0 aliphatic carbocycles. The number of aromatic amines is 1. The predicted molar refractivity (Wildman–Crippen MR) is 74.4 cm³/mol. The van der Waals surface area contributed by atoms with Gasteiger partial charge in [0.05, 0.1) is 18.3 Å². The number of rotatable bonds is 3. The summed E-state index contributed by atoms with van der Waals surface area (Å²) in [7, 11) is 0. The summed E-state index contributed by atoms with van der Waals surface area (Å²) < 4.78 is 0. The molecule has 3 aromatic rings. The Morgan fingerprint density at radius 3 is 2.74 bits per heavy atom. The molecule has 0 aliphatic heterocycles. The summed E-state index contributed by atoms with van der Waals surface area (Å²) >= 11 is 0. The van der Waals surface area contributed by atoms with E-state index in [1.807, 2.05) is 24.3 Å². The van der Waals surface area contributed by atoms with Crippen LogP contribution in [-0.4, -0.2) is 16.1 Å². The summed E-state index contributed by atoms with van der Waals surface area (Å²) in [6.45, 7) is 0. The van der Waals surface area contributed by atoms with E-state index < -0.39 is 0 Å². The van der Waals surface area contributed by atoms with E-state index in [0.29, 0.717) is 0 Å². The maximum absolute atomic E-state index is 11.1. The number of aromatic nitrogens is 2. The quantitative estimate of drug-likeness (QED) is 0.749. The van der Waals surface area contributed by atoms with Gasteiger partial charge in [0.2, 0.25) is 5.91 Å². The lowest BCUT2D eigenvalue weighted by atomic mass is 9.98. The Morgan fingerprint density at radius 1 is 1.11 bits per heavy atom. The maximum Gasteiger partial charge on any atom is 0.223 e. The fourth-order valence-electron chi connectivity index (χ4n) is 2.31. The van der Waals surface area contributed by atoms with Gasteiger partial charge in [-0.05, 0) is 16.3 Å². The van der Waals surface area contributed by atoms with Crippen LogP contribution in [0.2, 0.25) is 0 Å². The molecule has 0 saturated carbocycles. The van der Waals surface area contributed by atoms with Crippen molar-refractivity contribution in [1.82, 2.24) is 10.2 Å². The van der Waals surface area contributed by atoms with Gasteiger partial charge in [-0.15, -0.1) is 0 Å².